The van der Waals surface area contributed by atoms with Gasteiger partial charge in [0.1, 0.15) is 12.1 Å². The van der Waals surface area contributed by atoms with Crippen LogP contribution < -0.4 is 4.90 Å². The summed E-state index contributed by atoms with van der Waals surface area (Å²) in [7, 11) is 0. The van der Waals surface area contributed by atoms with Crippen molar-refractivity contribution >= 4 is 16.6 Å². The van der Waals surface area contributed by atoms with Crippen molar-refractivity contribution in [1.82, 2.24) is 9.97 Å². The standard InChI is InChI=1S/C21H19N3O2/c25-11-10-16-8-9-18(26)13-24(16)17-5-3-4-15(12-17)21-19-6-1-2-7-20(19)22-14-23-21/h1-9,12,14,25-26H,10-11,13H2. The molecule has 1 aliphatic rings. The zero-order valence-corrected chi connectivity index (χ0v) is 14.2. The maximum absolute atomic E-state index is 9.95. The highest BCUT2D eigenvalue weighted by atomic mass is 16.3. The van der Waals surface area contributed by atoms with E-state index in [0.29, 0.717) is 18.7 Å². The van der Waals surface area contributed by atoms with E-state index >= 15 is 0 Å². The molecule has 0 atom stereocenters. The van der Waals surface area contributed by atoms with Crippen molar-refractivity contribution in [3.63, 3.8) is 0 Å². The Kier molecular flexibility index (Phi) is 4.37. The Hall–Kier alpha value is -3.18. The zero-order valence-electron chi connectivity index (χ0n) is 14.2. The molecule has 1 aliphatic heterocycles. The largest absolute Gasteiger partial charge is 0.510 e. The lowest BCUT2D eigenvalue weighted by Crippen LogP contribution is -2.27. The van der Waals surface area contributed by atoms with Crippen molar-refractivity contribution < 1.29 is 10.2 Å². The molecule has 0 unspecified atom stereocenters. The Morgan fingerprint density at radius 3 is 2.77 bits per heavy atom. The summed E-state index contributed by atoms with van der Waals surface area (Å²) in [6.45, 7) is 0.451. The number of rotatable bonds is 4. The maximum atomic E-state index is 9.95. The molecule has 5 heteroatoms. The summed E-state index contributed by atoms with van der Waals surface area (Å²) in [5.41, 5.74) is 4.68. The summed E-state index contributed by atoms with van der Waals surface area (Å²) in [6, 6.07) is 16.0. The van der Waals surface area contributed by atoms with Crippen LogP contribution in [0.3, 0.4) is 0 Å². The number of hydrogen-bond donors (Lipinski definition) is 2. The molecular formula is C21H19N3O2. The minimum absolute atomic E-state index is 0.0627. The molecule has 0 aliphatic carbocycles. The average molecular weight is 345 g/mol. The number of aromatic nitrogens is 2. The number of aliphatic hydroxyl groups excluding tert-OH is 2. The van der Waals surface area contributed by atoms with Crippen LogP contribution in [-0.4, -0.2) is 33.3 Å². The molecule has 2 aromatic carbocycles. The van der Waals surface area contributed by atoms with Crippen LogP contribution in [0, 0.1) is 0 Å². The van der Waals surface area contributed by atoms with Crippen LogP contribution in [0.15, 0.2) is 78.5 Å². The van der Waals surface area contributed by atoms with Crippen LogP contribution in [0.25, 0.3) is 22.2 Å². The first-order chi connectivity index (χ1) is 12.8. The lowest BCUT2D eigenvalue weighted by atomic mass is 10.0. The first-order valence-corrected chi connectivity index (χ1v) is 8.53. The third-order valence-electron chi connectivity index (χ3n) is 4.48. The summed E-state index contributed by atoms with van der Waals surface area (Å²) in [5, 5.41) is 20.3. The third-order valence-corrected chi connectivity index (χ3v) is 4.48. The number of hydrogen-bond acceptors (Lipinski definition) is 5. The molecule has 2 N–H and O–H groups in total. The second-order valence-electron chi connectivity index (χ2n) is 6.17. The molecule has 130 valence electrons. The molecule has 0 saturated heterocycles. The molecule has 0 spiro atoms. The number of allylic oxidation sites excluding steroid dienone is 2. The van der Waals surface area contributed by atoms with E-state index < -0.39 is 0 Å². The van der Waals surface area contributed by atoms with Gasteiger partial charge >= 0.3 is 0 Å². The van der Waals surface area contributed by atoms with Gasteiger partial charge in [-0.1, -0.05) is 30.3 Å². The van der Waals surface area contributed by atoms with E-state index in [-0.39, 0.29) is 6.61 Å². The minimum atomic E-state index is 0.0627. The smallest absolute Gasteiger partial charge is 0.116 e. The monoisotopic (exact) mass is 345 g/mol. The highest BCUT2D eigenvalue weighted by Gasteiger charge is 2.17. The van der Waals surface area contributed by atoms with Crippen molar-refractivity contribution in [2.45, 2.75) is 6.42 Å². The fraction of sp³-hybridized carbons (Fsp3) is 0.143. The summed E-state index contributed by atoms with van der Waals surface area (Å²) < 4.78 is 0. The Bertz CT molecular complexity index is 1010. The molecule has 5 nitrogen and oxygen atoms in total. The number of benzene rings is 2. The van der Waals surface area contributed by atoms with Crippen LogP contribution in [-0.2, 0) is 0 Å². The Balaban J connectivity index is 1.77. The summed E-state index contributed by atoms with van der Waals surface area (Å²) in [6.07, 6.45) is 5.65. The van der Waals surface area contributed by atoms with Gasteiger partial charge in [0.2, 0.25) is 0 Å². The summed E-state index contributed by atoms with van der Waals surface area (Å²) >= 11 is 0. The first-order valence-electron chi connectivity index (χ1n) is 8.53. The minimum Gasteiger partial charge on any atom is -0.510 e. The van der Waals surface area contributed by atoms with Crippen LogP contribution in [0.2, 0.25) is 0 Å². The lowest BCUT2D eigenvalue weighted by molar-refractivity contribution is 0.297. The highest BCUT2D eigenvalue weighted by molar-refractivity contribution is 5.92. The van der Waals surface area contributed by atoms with Gasteiger partial charge in [-0.25, -0.2) is 9.97 Å². The number of para-hydroxylation sites is 1. The van der Waals surface area contributed by atoms with Crippen LogP contribution in [0.4, 0.5) is 5.69 Å². The van der Waals surface area contributed by atoms with E-state index in [0.717, 1.165) is 33.5 Å². The normalized spacial score (nSPS) is 14.3. The topological polar surface area (TPSA) is 69.5 Å². The van der Waals surface area contributed by atoms with Crippen molar-refractivity contribution in [3.8, 4) is 11.3 Å². The van der Waals surface area contributed by atoms with Gasteiger partial charge in [-0.15, -0.1) is 0 Å². The van der Waals surface area contributed by atoms with Gasteiger partial charge in [-0.2, -0.15) is 0 Å². The molecular weight excluding hydrogens is 326 g/mol. The molecule has 26 heavy (non-hydrogen) atoms. The molecule has 2 heterocycles. The SMILES string of the molecule is OCCC1=CC=C(O)CN1c1cccc(-c2ncnc3ccccc23)c1. The Morgan fingerprint density at radius 2 is 1.88 bits per heavy atom. The van der Waals surface area contributed by atoms with Gasteiger partial charge in [0.05, 0.1) is 17.8 Å². The molecule has 0 bridgehead atoms. The van der Waals surface area contributed by atoms with E-state index in [1.165, 1.54) is 0 Å². The van der Waals surface area contributed by atoms with Gasteiger partial charge in [0.15, 0.2) is 0 Å². The van der Waals surface area contributed by atoms with Crippen molar-refractivity contribution in [3.05, 3.63) is 78.5 Å². The molecule has 0 amide bonds. The molecule has 4 rings (SSSR count). The predicted octanol–water partition coefficient (Wildman–Crippen LogP) is 3.83. The predicted molar refractivity (Wildman–Crippen MR) is 103 cm³/mol. The molecule has 0 radical (unpaired) electrons. The molecule has 0 saturated carbocycles. The van der Waals surface area contributed by atoms with Crippen molar-refractivity contribution in [2.75, 3.05) is 18.1 Å². The average Bonchev–Trinajstić information content (AvgIpc) is 2.69. The Morgan fingerprint density at radius 1 is 1.00 bits per heavy atom. The lowest BCUT2D eigenvalue weighted by Gasteiger charge is -2.29. The van der Waals surface area contributed by atoms with E-state index in [1.54, 1.807) is 12.4 Å². The van der Waals surface area contributed by atoms with Crippen molar-refractivity contribution in [2.24, 2.45) is 0 Å². The molecule has 0 fully saturated rings. The zero-order chi connectivity index (χ0) is 17.9. The van der Waals surface area contributed by atoms with Gasteiger partial charge in [-0.05, 0) is 30.4 Å². The fourth-order valence-corrected chi connectivity index (χ4v) is 3.24. The second-order valence-corrected chi connectivity index (χ2v) is 6.17. The van der Waals surface area contributed by atoms with Gasteiger partial charge < -0.3 is 15.1 Å². The number of nitrogens with zero attached hydrogens (tertiary/aromatic N) is 3. The van der Waals surface area contributed by atoms with Gasteiger partial charge in [0, 0.05) is 35.4 Å². The molecule has 3 aromatic rings. The fourth-order valence-electron chi connectivity index (χ4n) is 3.24. The Labute approximate surface area is 151 Å². The first kappa shape index (κ1) is 16.3. The van der Waals surface area contributed by atoms with E-state index in [9.17, 15) is 10.2 Å². The summed E-state index contributed by atoms with van der Waals surface area (Å²) in [4.78, 5) is 10.8. The van der Waals surface area contributed by atoms with E-state index in [2.05, 4.69) is 16.0 Å². The van der Waals surface area contributed by atoms with Crippen LogP contribution in [0.5, 0.6) is 0 Å². The highest BCUT2D eigenvalue weighted by Crippen LogP contribution is 2.31. The second kappa shape index (κ2) is 6.98. The maximum Gasteiger partial charge on any atom is 0.116 e. The van der Waals surface area contributed by atoms with Crippen LogP contribution >= 0.6 is 0 Å². The van der Waals surface area contributed by atoms with Crippen LogP contribution in [0.1, 0.15) is 6.42 Å². The summed E-state index contributed by atoms with van der Waals surface area (Å²) in [5.74, 6) is 0.296. The van der Waals surface area contributed by atoms with E-state index in [1.807, 2.05) is 53.4 Å². The number of fused-ring (bicyclic) bond motifs is 1. The van der Waals surface area contributed by atoms with E-state index in [4.69, 9.17) is 0 Å². The van der Waals surface area contributed by atoms with Gasteiger partial charge in [-0.3, -0.25) is 0 Å². The van der Waals surface area contributed by atoms with Gasteiger partial charge in [0.25, 0.3) is 0 Å². The van der Waals surface area contributed by atoms with Crippen molar-refractivity contribution in [1.29, 1.82) is 0 Å². The third kappa shape index (κ3) is 3.05. The number of aliphatic hydroxyl groups is 2. The quantitative estimate of drug-likeness (QED) is 0.752. The number of anilines is 1. The molecule has 1 aromatic heterocycles.